The first-order chi connectivity index (χ1) is 11.5. The van der Waals surface area contributed by atoms with Crippen molar-refractivity contribution in [3.05, 3.63) is 62.0 Å². The quantitative estimate of drug-likeness (QED) is 0.602. The molecule has 1 atom stereocenters. The molecule has 3 nitrogen and oxygen atoms in total. The maximum atomic E-state index is 9.30. The number of aliphatic hydroxyl groups excluding tert-OH is 1. The van der Waals surface area contributed by atoms with E-state index in [0.717, 1.165) is 27.8 Å². The average Bonchev–Trinajstić information content (AvgIpc) is 2.58. The number of hydrogen-bond acceptors (Lipinski definition) is 3. The standard InChI is InChI=1S/C18H20BrCl2NO2/c1-2-15(10-23)22-9-13-8-14(19)4-6-18(13)24-11-12-3-5-16(20)17(21)7-12/h3-8,15,22-23H,2,9-11H2,1H3. The van der Waals surface area contributed by atoms with Gasteiger partial charge in [-0.2, -0.15) is 0 Å². The van der Waals surface area contributed by atoms with E-state index in [2.05, 4.69) is 21.2 Å². The second-order valence-corrected chi connectivity index (χ2v) is 7.19. The third-order valence-corrected chi connectivity index (χ3v) is 4.93. The highest BCUT2D eigenvalue weighted by Crippen LogP contribution is 2.26. The van der Waals surface area contributed by atoms with E-state index in [1.165, 1.54) is 0 Å². The molecule has 2 rings (SSSR count). The van der Waals surface area contributed by atoms with E-state index in [9.17, 15) is 5.11 Å². The highest BCUT2D eigenvalue weighted by atomic mass is 79.9. The van der Waals surface area contributed by atoms with Crippen LogP contribution in [0.3, 0.4) is 0 Å². The lowest BCUT2D eigenvalue weighted by Gasteiger charge is -2.17. The second kappa shape index (κ2) is 9.64. The van der Waals surface area contributed by atoms with Crippen LogP contribution in [0.5, 0.6) is 5.75 Å². The van der Waals surface area contributed by atoms with Gasteiger partial charge in [0.15, 0.2) is 0 Å². The van der Waals surface area contributed by atoms with Crippen LogP contribution in [0.1, 0.15) is 24.5 Å². The highest BCUT2D eigenvalue weighted by molar-refractivity contribution is 9.10. The Kier molecular flexibility index (Phi) is 7.85. The summed E-state index contributed by atoms with van der Waals surface area (Å²) in [7, 11) is 0. The molecule has 0 bridgehead atoms. The molecule has 0 aromatic heterocycles. The largest absolute Gasteiger partial charge is 0.489 e. The van der Waals surface area contributed by atoms with E-state index in [1.807, 2.05) is 31.2 Å². The summed E-state index contributed by atoms with van der Waals surface area (Å²) in [4.78, 5) is 0. The second-order valence-electron chi connectivity index (χ2n) is 5.46. The van der Waals surface area contributed by atoms with Crippen molar-refractivity contribution in [2.75, 3.05) is 6.61 Å². The zero-order valence-electron chi connectivity index (χ0n) is 13.4. The van der Waals surface area contributed by atoms with Crippen LogP contribution in [-0.2, 0) is 13.2 Å². The van der Waals surface area contributed by atoms with Gasteiger partial charge in [-0.1, -0.05) is 52.1 Å². The number of aliphatic hydroxyl groups is 1. The van der Waals surface area contributed by atoms with Gasteiger partial charge in [0.1, 0.15) is 12.4 Å². The van der Waals surface area contributed by atoms with Crippen molar-refractivity contribution >= 4 is 39.1 Å². The molecule has 0 amide bonds. The lowest BCUT2D eigenvalue weighted by molar-refractivity contribution is 0.237. The summed E-state index contributed by atoms with van der Waals surface area (Å²) in [5, 5.41) is 13.7. The SMILES string of the molecule is CCC(CO)NCc1cc(Br)ccc1OCc1ccc(Cl)c(Cl)c1. The van der Waals surface area contributed by atoms with Gasteiger partial charge in [-0.05, 0) is 42.3 Å². The number of benzene rings is 2. The summed E-state index contributed by atoms with van der Waals surface area (Å²) in [5.41, 5.74) is 1.98. The molecule has 24 heavy (non-hydrogen) atoms. The molecule has 2 aromatic rings. The summed E-state index contributed by atoms with van der Waals surface area (Å²) >= 11 is 15.5. The molecule has 0 aliphatic heterocycles. The Hall–Kier alpha value is -0.780. The first-order valence-electron chi connectivity index (χ1n) is 7.72. The molecule has 2 N–H and O–H groups in total. The molecule has 0 aliphatic carbocycles. The zero-order chi connectivity index (χ0) is 17.5. The number of ether oxygens (including phenoxy) is 1. The Labute approximate surface area is 161 Å². The smallest absolute Gasteiger partial charge is 0.124 e. The van der Waals surface area contributed by atoms with Crippen molar-refractivity contribution in [1.82, 2.24) is 5.32 Å². The summed E-state index contributed by atoms with van der Waals surface area (Å²) in [6, 6.07) is 11.4. The predicted octanol–water partition coefficient (Wildman–Crippen LogP) is 5.20. The first kappa shape index (κ1) is 19.5. The zero-order valence-corrected chi connectivity index (χ0v) is 16.5. The summed E-state index contributed by atoms with van der Waals surface area (Å²) in [6.45, 7) is 3.18. The minimum Gasteiger partial charge on any atom is -0.489 e. The summed E-state index contributed by atoms with van der Waals surface area (Å²) in [6.07, 6.45) is 0.865. The van der Waals surface area contributed by atoms with E-state index in [-0.39, 0.29) is 12.6 Å². The fourth-order valence-corrected chi connectivity index (χ4v) is 2.94. The average molecular weight is 433 g/mol. The lowest BCUT2D eigenvalue weighted by Crippen LogP contribution is -2.31. The third-order valence-electron chi connectivity index (χ3n) is 3.70. The molecule has 1 unspecified atom stereocenters. The Morgan fingerprint density at radius 1 is 1.17 bits per heavy atom. The van der Waals surface area contributed by atoms with E-state index >= 15 is 0 Å². The van der Waals surface area contributed by atoms with Gasteiger partial charge in [0.25, 0.3) is 0 Å². The van der Waals surface area contributed by atoms with Crippen molar-refractivity contribution in [3.8, 4) is 5.75 Å². The van der Waals surface area contributed by atoms with Crippen LogP contribution in [0, 0.1) is 0 Å². The summed E-state index contributed by atoms with van der Waals surface area (Å²) in [5.74, 6) is 0.796. The van der Waals surface area contributed by atoms with Gasteiger partial charge < -0.3 is 15.2 Å². The minimum atomic E-state index is 0.0758. The fraction of sp³-hybridized carbons (Fsp3) is 0.333. The summed E-state index contributed by atoms with van der Waals surface area (Å²) < 4.78 is 6.93. The van der Waals surface area contributed by atoms with Gasteiger partial charge in [0.05, 0.1) is 16.7 Å². The van der Waals surface area contributed by atoms with Crippen molar-refractivity contribution in [2.24, 2.45) is 0 Å². The van der Waals surface area contributed by atoms with Crippen LogP contribution in [-0.4, -0.2) is 17.8 Å². The van der Waals surface area contributed by atoms with Crippen LogP contribution in [0.15, 0.2) is 40.9 Å². The molecule has 2 aromatic carbocycles. The van der Waals surface area contributed by atoms with Gasteiger partial charge in [-0.15, -0.1) is 0 Å². The van der Waals surface area contributed by atoms with E-state index in [4.69, 9.17) is 27.9 Å². The molecule has 0 fully saturated rings. The lowest BCUT2D eigenvalue weighted by atomic mass is 10.1. The Morgan fingerprint density at radius 2 is 1.96 bits per heavy atom. The van der Waals surface area contributed by atoms with Gasteiger partial charge >= 0.3 is 0 Å². The molecule has 130 valence electrons. The van der Waals surface area contributed by atoms with Gasteiger partial charge in [-0.3, -0.25) is 0 Å². The Balaban J connectivity index is 2.07. The molecule has 6 heteroatoms. The van der Waals surface area contributed by atoms with Gasteiger partial charge in [0.2, 0.25) is 0 Å². The number of nitrogens with one attached hydrogen (secondary N) is 1. The van der Waals surface area contributed by atoms with Crippen molar-refractivity contribution in [2.45, 2.75) is 32.5 Å². The molecule has 0 heterocycles. The number of halogens is 3. The molecule has 0 spiro atoms. The van der Waals surface area contributed by atoms with Crippen LogP contribution in [0.25, 0.3) is 0 Å². The molecule has 0 radical (unpaired) electrons. The van der Waals surface area contributed by atoms with Crippen molar-refractivity contribution in [1.29, 1.82) is 0 Å². The molecule has 0 saturated carbocycles. The molecule has 0 aliphatic rings. The topological polar surface area (TPSA) is 41.5 Å². The fourth-order valence-electron chi connectivity index (χ4n) is 2.21. The van der Waals surface area contributed by atoms with E-state index < -0.39 is 0 Å². The molecular weight excluding hydrogens is 413 g/mol. The highest BCUT2D eigenvalue weighted by Gasteiger charge is 2.09. The van der Waals surface area contributed by atoms with Crippen LogP contribution < -0.4 is 10.1 Å². The monoisotopic (exact) mass is 431 g/mol. The Morgan fingerprint density at radius 3 is 2.62 bits per heavy atom. The number of hydrogen-bond donors (Lipinski definition) is 2. The van der Waals surface area contributed by atoms with Crippen LogP contribution >= 0.6 is 39.1 Å². The van der Waals surface area contributed by atoms with Gasteiger partial charge in [0, 0.05) is 22.6 Å². The first-order valence-corrected chi connectivity index (χ1v) is 9.27. The maximum absolute atomic E-state index is 9.30. The Bertz CT molecular complexity index is 678. The predicted molar refractivity (Wildman–Crippen MR) is 103 cm³/mol. The minimum absolute atomic E-state index is 0.0758. The van der Waals surface area contributed by atoms with Crippen molar-refractivity contribution in [3.63, 3.8) is 0 Å². The molecule has 0 saturated heterocycles. The number of rotatable bonds is 8. The van der Waals surface area contributed by atoms with Crippen LogP contribution in [0.4, 0.5) is 0 Å². The maximum Gasteiger partial charge on any atom is 0.124 e. The molecular formula is C18H20BrCl2NO2. The van der Waals surface area contributed by atoms with E-state index in [1.54, 1.807) is 12.1 Å². The van der Waals surface area contributed by atoms with E-state index in [0.29, 0.717) is 23.2 Å². The normalized spacial score (nSPS) is 12.2. The third kappa shape index (κ3) is 5.64. The van der Waals surface area contributed by atoms with Gasteiger partial charge in [-0.25, -0.2) is 0 Å². The van der Waals surface area contributed by atoms with Crippen molar-refractivity contribution < 1.29 is 9.84 Å². The van der Waals surface area contributed by atoms with Crippen LogP contribution in [0.2, 0.25) is 10.0 Å².